The third-order valence-corrected chi connectivity index (χ3v) is 2.13. The summed E-state index contributed by atoms with van der Waals surface area (Å²) in [6, 6.07) is 7.57. The van der Waals surface area contributed by atoms with E-state index < -0.39 is 0 Å². The second kappa shape index (κ2) is 3.73. The number of rotatable bonds is 1. The van der Waals surface area contributed by atoms with Gasteiger partial charge in [0.2, 0.25) is 0 Å². The molecule has 2 rings (SSSR count). The van der Waals surface area contributed by atoms with Gasteiger partial charge in [-0.1, -0.05) is 18.2 Å². The number of amides is 2. The van der Waals surface area contributed by atoms with Crippen molar-refractivity contribution in [3.8, 4) is 0 Å². The molecule has 78 valence electrons. The van der Waals surface area contributed by atoms with E-state index in [-0.39, 0.29) is 6.03 Å². The van der Waals surface area contributed by atoms with Crippen LogP contribution in [0.1, 0.15) is 19.4 Å². The van der Waals surface area contributed by atoms with Crippen LogP contribution in [-0.4, -0.2) is 16.8 Å². The molecule has 1 aromatic rings. The lowest BCUT2D eigenvalue weighted by Crippen LogP contribution is -2.35. The van der Waals surface area contributed by atoms with Gasteiger partial charge >= 0.3 is 6.03 Å². The van der Waals surface area contributed by atoms with E-state index in [2.05, 4.69) is 10.4 Å². The van der Waals surface area contributed by atoms with Gasteiger partial charge in [-0.05, 0) is 25.5 Å². The number of urea groups is 1. The topological polar surface area (TPSA) is 44.7 Å². The number of hydrogen-bond acceptors (Lipinski definition) is 2. The van der Waals surface area contributed by atoms with Gasteiger partial charge in [-0.3, -0.25) is 0 Å². The summed E-state index contributed by atoms with van der Waals surface area (Å²) >= 11 is 0. The van der Waals surface area contributed by atoms with Crippen molar-refractivity contribution in [2.24, 2.45) is 5.10 Å². The average molecular weight is 203 g/mol. The van der Waals surface area contributed by atoms with Crippen molar-refractivity contribution in [1.82, 2.24) is 5.01 Å². The van der Waals surface area contributed by atoms with Gasteiger partial charge in [-0.25, -0.2) is 9.80 Å². The fourth-order valence-corrected chi connectivity index (χ4v) is 1.52. The predicted octanol–water partition coefficient (Wildman–Crippen LogP) is 2.43. The minimum atomic E-state index is -0.171. The maximum Gasteiger partial charge on any atom is 0.342 e. The molecule has 1 N–H and O–H groups in total. The molecule has 0 unspecified atom stereocenters. The maximum atomic E-state index is 11.6. The molecule has 0 saturated carbocycles. The molecule has 0 aromatic heterocycles. The molecule has 2 amide bonds. The maximum absolute atomic E-state index is 11.6. The van der Waals surface area contributed by atoms with E-state index in [0.717, 1.165) is 17.0 Å². The first kappa shape index (κ1) is 9.71. The van der Waals surface area contributed by atoms with E-state index in [4.69, 9.17) is 0 Å². The van der Waals surface area contributed by atoms with Gasteiger partial charge in [0.1, 0.15) is 0 Å². The Bertz CT molecular complexity index is 422. The van der Waals surface area contributed by atoms with Gasteiger partial charge in [0, 0.05) is 11.4 Å². The Morgan fingerprint density at radius 2 is 2.13 bits per heavy atom. The molecular weight excluding hydrogens is 190 g/mol. The fraction of sp³-hybridized carbons (Fsp3) is 0.273. The molecule has 0 atom stereocenters. The summed E-state index contributed by atoms with van der Waals surface area (Å²) in [5.41, 5.74) is 2.83. The summed E-state index contributed by atoms with van der Waals surface area (Å²) in [6.07, 6.45) is 0. The highest BCUT2D eigenvalue weighted by molar-refractivity contribution is 5.93. The van der Waals surface area contributed by atoms with Crippen LogP contribution in [0.15, 0.2) is 29.4 Å². The average Bonchev–Trinajstić information content (AvgIpc) is 2.18. The van der Waals surface area contributed by atoms with Gasteiger partial charge in [-0.15, -0.1) is 0 Å². The third-order valence-electron chi connectivity index (χ3n) is 2.13. The Kier molecular flexibility index (Phi) is 2.41. The van der Waals surface area contributed by atoms with Crippen LogP contribution in [0.25, 0.3) is 0 Å². The molecule has 0 saturated heterocycles. The number of benzene rings is 1. The summed E-state index contributed by atoms with van der Waals surface area (Å²) in [5.74, 6) is 0. The van der Waals surface area contributed by atoms with Gasteiger partial charge in [0.25, 0.3) is 0 Å². The normalized spacial score (nSPS) is 14.3. The number of nitrogens with one attached hydrogen (secondary N) is 1. The number of anilines is 1. The number of nitrogens with zero attached hydrogens (tertiary/aromatic N) is 2. The van der Waals surface area contributed by atoms with Crippen LogP contribution in [0.5, 0.6) is 0 Å². The summed E-state index contributed by atoms with van der Waals surface area (Å²) in [4.78, 5) is 11.6. The highest BCUT2D eigenvalue weighted by Crippen LogP contribution is 2.22. The van der Waals surface area contributed by atoms with Gasteiger partial charge in [0.05, 0.1) is 6.54 Å². The van der Waals surface area contributed by atoms with Gasteiger partial charge in [-0.2, -0.15) is 5.10 Å². The molecule has 4 nitrogen and oxygen atoms in total. The van der Waals surface area contributed by atoms with Crippen LogP contribution in [0.2, 0.25) is 0 Å². The van der Waals surface area contributed by atoms with E-state index in [1.54, 1.807) is 0 Å². The second-order valence-electron chi connectivity index (χ2n) is 3.69. The second-order valence-corrected chi connectivity index (χ2v) is 3.69. The minimum absolute atomic E-state index is 0.171. The van der Waals surface area contributed by atoms with Gasteiger partial charge < -0.3 is 5.32 Å². The molecule has 0 bridgehead atoms. The van der Waals surface area contributed by atoms with Crippen molar-refractivity contribution >= 4 is 17.4 Å². The van der Waals surface area contributed by atoms with Gasteiger partial charge in [0.15, 0.2) is 0 Å². The lowest BCUT2D eigenvalue weighted by Gasteiger charge is -2.25. The first-order valence-corrected chi connectivity index (χ1v) is 4.85. The highest BCUT2D eigenvalue weighted by atomic mass is 16.2. The summed E-state index contributed by atoms with van der Waals surface area (Å²) in [7, 11) is 0. The first-order chi connectivity index (χ1) is 7.16. The summed E-state index contributed by atoms with van der Waals surface area (Å²) in [6.45, 7) is 4.27. The molecule has 15 heavy (non-hydrogen) atoms. The molecule has 4 heteroatoms. The Labute approximate surface area is 88.6 Å². The van der Waals surface area contributed by atoms with Crippen molar-refractivity contribution in [2.75, 3.05) is 5.32 Å². The van der Waals surface area contributed by atoms with E-state index in [1.165, 1.54) is 5.01 Å². The van der Waals surface area contributed by atoms with Crippen LogP contribution in [-0.2, 0) is 6.54 Å². The fourth-order valence-electron chi connectivity index (χ4n) is 1.52. The zero-order valence-corrected chi connectivity index (χ0v) is 8.82. The number of fused-ring (bicyclic) bond motifs is 1. The van der Waals surface area contributed by atoms with Crippen LogP contribution in [0, 0.1) is 0 Å². The van der Waals surface area contributed by atoms with Crippen LogP contribution in [0.4, 0.5) is 10.5 Å². The van der Waals surface area contributed by atoms with Crippen LogP contribution in [0.3, 0.4) is 0 Å². The lowest BCUT2D eigenvalue weighted by atomic mass is 10.1. The van der Waals surface area contributed by atoms with Crippen molar-refractivity contribution < 1.29 is 4.79 Å². The number of hydrogen-bond donors (Lipinski definition) is 1. The van der Waals surface area contributed by atoms with Crippen LogP contribution >= 0.6 is 0 Å². The number of carbonyl (C=O) groups excluding carboxylic acids is 1. The predicted molar refractivity (Wildman–Crippen MR) is 59.8 cm³/mol. The van der Waals surface area contributed by atoms with Crippen LogP contribution < -0.4 is 5.32 Å². The van der Waals surface area contributed by atoms with E-state index in [9.17, 15) is 4.79 Å². The van der Waals surface area contributed by atoms with E-state index >= 15 is 0 Å². The standard InChI is InChI=1S/C11H13N3O/c1-8(2)13-14-7-9-5-3-4-6-10(9)12-11(14)15/h3-6H,7H2,1-2H3,(H,12,15). The molecule has 1 aromatic carbocycles. The summed E-state index contributed by atoms with van der Waals surface area (Å²) in [5, 5.41) is 8.39. The number of carbonyl (C=O) groups is 1. The molecule has 0 aliphatic carbocycles. The Balaban J connectivity index is 2.30. The molecule has 1 aliphatic heterocycles. The monoisotopic (exact) mass is 203 g/mol. The minimum Gasteiger partial charge on any atom is -0.306 e. The Morgan fingerprint density at radius 3 is 2.87 bits per heavy atom. The highest BCUT2D eigenvalue weighted by Gasteiger charge is 2.21. The molecule has 0 fully saturated rings. The number of para-hydroxylation sites is 1. The molecule has 0 spiro atoms. The zero-order valence-electron chi connectivity index (χ0n) is 8.82. The van der Waals surface area contributed by atoms with Crippen molar-refractivity contribution in [3.05, 3.63) is 29.8 Å². The third kappa shape index (κ3) is 1.98. The van der Waals surface area contributed by atoms with Crippen molar-refractivity contribution in [1.29, 1.82) is 0 Å². The largest absolute Gasteiger partial charge is 0.342 e. The van der Waals surface area contributed by atoms with Crippen molar-refractivity contribution in [2.45, 2.75) is 20.4 Å². The Hall–Kier alpha value is -1.84. The molecule has 1 heterocycles. The molecule has 1 aliphatic rings. The SMILES string of the molecule is CC(C)=NN1Cc2ccccc2NC1=O. The Morgan fingerprint density at radius 1 is 1.40 bits per heavy atom. The molecular formula is C11H13N3O. The van der Waals surface area contributed by atoms with E-state index in [1.807, 2.05) is 38.1 Å². The quantitative estimate of drug-likeness (QED) is 0.700. The first-order valence-electron chi connectivity index (χ1n) is 4.85. The summed E-state index contributed by atoms with van der Waals surface area (Å²) < 4.78 is 0. The lowest BCUT2D eigenvalue weighted by molar-refractivity contribution is 0.209. The smallest absolute Gasteiger partial charge is 0.306 e. The number of hydrazone groups is 1. The molecule has 0 radical (unpaired) electrons. The zero-order chi connectivity index (χ0) is 10.8. The van der Waals surface area contributed by atoms with Crippen molar-refractivity contribution in [3.63, 3.8) is 0 Å². The van der Waals surface area contributed by atoms with E-state index in [0.29, 0.717) is 6.54 Å².